The van der Waals surface area contributed by atoms with Crippen LogP contribution in [0.3, 0.4) is 0 Å². The smallest absolute Gasteiger partial charge is 0.241 e. The van der Waals surface area contributed by atoms with Gasteiger partial charge in [-0.3, -0.25) is 4.79 Å². The van der Waals surface area contributed by atoms with E-state index in [1.165, 1.54) is 6.08 Å². The second-order valence-corrected chi connectivity index (χ2v) is 4.36. The van der Waals surface area contributed by atoms with Crippen molar-refractivity contribution in [3.8, 4) is 11.3 Å². The molecule has 0 fully saturated rings. The summed E-state index contributed by atoms with van der Waals surface area (Å²) in [7, 11) is 0. The average molecular weight is 292 g/mol. The quantitative estimate of drug-likeness (QED) is 0.883. The number of halogens is 1. The third-order valence-corrected chi connectivity index (χ3v) is 2.64. The first-order chi connectivity index (χ1) is 8.15. The van der Waals surface area contributed by atoms with E-state index in [9.17, 15) is 4.79 Å². The van der Waals surface area contributed by atoms with Gasteiger partial charge in [-0.25, -0.2) is 0 Å². The van der Waals surface area contributed by atoms with E-state index in [4.69, 9.17) is 10.2 Å². The van der Waals surface area contributed by atoms with Crippen molar-refractivity contribution in [3.05, 3.63) is 52.7 Å². The number of benzene rings is 1. The number of carbonyl (C=O) groups is 1. The molecular weight excluding hydrogens is 282 g/mol. The van der Waals surface area contributed by atoms with E-state index in [0.29, 0.717) is 5.76 Å². The lowest BCUT2D eigenvalue weighted by Crippen LogP contribution is -2.04. The normalized spacial score (nSPS) is 10.9. The fraction of sp³-hybridized carbons (Fsp3) is 0. The van der Waals surface area contributed by atoms with Gasteiger partial charge in [0.15, 0.2) is 0 Å². The van der Waals surface area contributed by atoms with Gasteiger partial charge in [0.25, 0.3) is 0 Å². The number of furan rings is 1. The van der Waals surface area contributed by atoms with E-state index in [1.807, 2.05) is 30.3 Å². The highest BCUT2D eigenvalue weighted by molar-refractivity contribution is 9.10. The average Bonchev–Trinajstić information content (AvgIpc) is 2.75. The maximum absolute atomic E-state index is 10.6. The van der Waals surface area contributed by atoms with Gasteiger partial charge < -0.3 is 10.2 Å². The van der Waals surface area contributed by atoms with Gasteiger partial charge in [0, 0.05) is 16.1 Å². The number of hydrogen-bond donors (Lipinski definition) is 1. The Kier molecular flexibility index (Phi) is 3.44. The summed E-state index contributed by atoms with van der Waals surface area (Å²) in [6.45, 7) is 0. The standard InChI is InChI=1S/C13H10BrNO2/c14-10-3-1-2-9(8-10)12-6-4-11(17-12)5-7-13(15)16/h1-8H,(H2,15,16)/b7-5-. The van der Waals surface area contributed by atoms with Crippen LogP contribution in [0.2, 0.25) is 0 Å². The lowest BCUT2D eigenvalue weighted by molar-refractivity contribution is -0.113. The van der Waals surface area contributed by atoms with Gasteiger partial charge in [0.2, 0.25) is 5.91 Å². The molecule has 1 amide bonds. The highest BCUT2D eigenvalue weighted by Crippen LogP contribution is 2.25. The fourth-order valence-corrected chi connectivity index (χ4v) is 1.80. The molecule has 0 bridgehead atoms. The second kappa shape index (κ2) is 5.01. The van der Waals surface area contributed by atoms with Gasteiger partial charge >= 0.3 is 0 Å². The lowest BCUT2D eigenvalue weighted by atomic mass is 10.2. The zero-order valence-electron chi connectivity index (χ0n) is 8.89. The molecule has 2 rings (SSSR count). The first kappa shape index (κ1) is 11.7. The Hall–Kier alpha value is -1.81. The molecule has 1 aromatic carbocycles. The van der Waals surface area contributed by atoms with Crippen LogP contribution in [-0.2, 0) is 4.79 Å². The summed E-state index contributed by atoms with van der Waals surface area (Å²) in [6, 6.07) is 11.4. The summed E-state index contributed by atoms with van der Waals surface area (Å²) < 4.78 is 6.55. The third-order valence-electron chi connectivity index (χ3n) is 2.15. The van der Waals surface area contributed by atoms with Crippen molar-refractivity contribution < 1.29 is 9.21 Å². The van der Waals surface area contributed by atoms with Crippen molar-refractivity contribution in [1.82, 2.24) is 0 Å². The molecule has 1 aromatic heterocycles. The number of hydrogen-bond acceptors (Lipinski definition) is 2. The van der Waals surface area contributed by atoms with Crippen LogP contribution in [0.5, 0.6) is 0 Å². The maximum atomic E-state index is 10.6. The van der Waals surface area contributed by atoms with Crippen LogP contribution in [0.4, 0.5) is 0 Å². The topological polar surface area (TPSA) is 56.2 Å². The first-order valence-corrected chi connectivity index (χ1v) is 5.78. The number of nitrogens with two attached hydrogens (primary N) is 1. The molecule has 3 nitrogen and oxygen atoms in total. The Morgan fingerprint density at radius 2 is 2.12 bits per heavy atom. The van der Waals surface area contributed by atoms with Crippen LogP contribution in [-0.4, -0.2) is 5.91 Å². The summed E-state index contributed by atoms with van der Waals surface area (Å²) in [4.78, 5) is 10.6. The Labute approximate surface area is 107 Å². The van der Waals surface area contributed by atoms with E-state index in [0.717, 1.165) is 15.8 Å². The monoisotopic (exact) mass is 291 g/mol. The molecule has 0 spiro atoms. The zero-order chi connectivity index (χ0) is 12.3. The zero-order valence-corrected chi connectivity index (χ0v) is 10.5. The molecule has 0 atom stereocenters. The van der Waals surface area contributed by atoms with E-state index >= 15 is 0 Å². The van der Waals surface area contributed by atoms with Crippen molar-refractivity contribution in [1.29, 1.82) is 0 Å². The second-order valence-electron chi connectivity index (χ2n) is 3.45. The predicted molar refractivity (Wildman–Crippen MR) is 70.1 cm³/mol. The molecule has 0 aliphatic carbocycles. The van der Waals surface area contributed by atoms with Crippen molar-refractivity contribution in [2.24, 2.45) is 5.73 Å². The first-order valence-electron chi connectivity index (χ1n) is 4.98. The van der Waals surface area contributed by atoms with E-state index in [2.05, 4.69) is 15.9 Å². The van der Waals surface area contributed by atoms with Gasteiger partial charge in [-0.2, -0.15) is 0 Å². The van der Waals surface area contributed by atoms with Gasteiger partial charge in [-0.05, 0) is 30.3 Å². The highest BCUT2D eigenvalue weighted by atomic mass is 79.9. The summed E-state index contributed by atoms with van der Waals surface area (Å²) in [5, 5.41) is 0. The van der Waals surface area contributed by atoms with Crippen LogP contribution < -0.4 is 5.73 Å². The predicted octanol–water partition coefficient (Wildman–Crippen LogP) is 3.21. The van der Waals surface area contributed by atoms with Gasteiger partial charge in [-0.15, -0.1) is 0 Å². The lowest BCUT2D eigenvalue weighted by Gasteiger charge is -1.96. The molecule has 0 saturated carbocycles. The summed E-state index contributed by atoms with van der Waals surface area (Å²) >= 11 is 3.40. The maximum Gasteiger partial charge on any atom is 0.241 e. The van der Waals surface area contributed by atoms with Crippen LogP contribution in [0.25, 0.3) is 17.4 Å². The van der Waals surface area contributed by atoms with Crippen LogP contribution in [0, 0.1) is 0 Å². The summed E-state index contributed by atoms with van der Waals surface area (Å²) in [6.07, 6.45) is 2.81. The van der Waals surface area contributed by atoms with E-state index in [-0.39, 0.29) is 0 Å². The number of primary amides is 1. The molecular formula is C13H10BrNO2. The van der Waals surface area contributed by atoms with Crippen molar-refractivity contribution >= 4 is 27.9 Å². The summed E-state index contributed by atoms with van der Waals surface area (Å²) in [5.74, 6) is 0.847. The number of carbonyl (C=O) groups excluding carboxylic acids is 1. The van der Waals surface area contributed by atoms with Gasteiger partial charge in [-0.1, -0.05) is 28.1 Å². The van der Waals surface area contributed by atoms with E-state index < -0.39 is 5.91 Å². The van der Waals surface area contributed by atoms with Crippen molar-refractivity contribution in [3.63, 3.8) is 0 Å². The van der Waals surface area contributed by atoms with E-state index in [1.54, 1.807) is 12.1 Å². The number of rotatable bonds is 3. The molecule has 1 heterocycles. The third kappa shape index (κ3) is 3.07. The van der Waals surface area contributed by atoms with Crippen LogP contribution >= 0.6 is 15.9 Å². The molecule has 4 heteroatoms. The molecule has 17 heavy (non-hydrogen) atoms. The summed E-state index contributed by atoms with van der Waals surface area (Å²) in [5.41, 5.74) is 5.97. The minimum Gasteiger partial charge on any atom is -0.457 e. The number of amides is 1. The SMILES string of the molecule is NC(=O)/C=C\c1ccc(-c2cccc(Br)c2)o1. The minimum atomic E-state index is -0.495. The Bertz CT molecular complexity index is 572. The van der Waals surface area contributed by atoms with Crippen molar-refractivity contribution in [2.75, 3.05) is 0 Å². The molecule has 0 unspecified atom stereocenters. The largest absolute Gasteiger partial charge is 0.457 e. The molecule has 0 aliphatic rings. The molecule has 2 aromatic rings. The Morgan fingerprint density at radius 1 is 1.29 bits per heavy atom. The van der Waals surface area contributed by atoms with Crippen LogP contribution in [0.1, 0.15) is 5.76 Å². The Morgan fingerprint density at radius 3 is 2.82 bits per heavy atom. The molecule has 0 radical (unpaired) electrons. The molecule has 2 N–H and O–H groups in total. The van der Waals surface area contributed by atoms with Gasteiger partial charge in [0.1, 0.15) is 11.5 Å². The fourth-order valence-electron chi connectivity index (χ4n) is 1.40. The molecule has 0 aliphatic heterocycles. The molecule has 0 saturated heterocycles. The van der Waals surface area contributed by atoms with Crippen molar-refractivity contribution in [2.45, 2.75) is 0 Å². The Balaban J connectivity index is 2.27. The molecule has 86 valence electrons. The minimum absolute atomic E-state index is 0.495. The van der Waals surface area contributed by atoms with Crippen LogP contribution in [0.15, 0.2) is 51.4 Å². The highest BCUT2D eigenvalue weighted by Gasteiger charge is 2.03. The van der Waals surface area contributed by atoms with Gasteiger partial charge in [0.05, 0.1) is 0 Å².